The van der Waals surface area contributed by atoms with Gasteiger partial charge in [-0.15, -0.1) is 0 Å². The Morgan fingerprint density at radius 2 is 1.82 bits per heavy atom. The maximum absolute atomic E-state index is 12.5. The van der Waals surface area contributed by atoms with E-state index in [1.54, 1.807) is 0 Å². The van der Waals surface area contributed by atoms with Crippen LogP contribution in [0.3, 0.4) is 0 Å². The van der Waals surface area contributed by atoms with Crippen LogP contribution >= 0.6 is 0 Å². The molecule has 0 fully saturated rings. The molecule has 0 unspecified atom stereocenters. The van der Waals surface area contributed by atoms with E-state index in [4.69, 9.17) is 9.84 Å². The second kappa shape index (κ2) is 6.02. The minimum atomic E-state index is -3.84. The molecule has 0 saturated carbocycles. The number of rotatable bonds is 5. The third-order valence-electron chi connectivity index (χ3n) is 2.99. The molecule has 0 spiro atoms. The number of carboxylic acid groups (broad SMARTS) is 1. The summed E-state index contributed by atoms with van der Waals surface area (Å²) < 4.78 is 30.9. The van der Waals surface area contributed by atoms with E-state index in [2.05, 4.69) is 4.98 Å². The van der Waals surface area contributed by atoms with Gasteiger partial charge >= 0.3 is 5.97 Å². The summed E-state index contributed by atoms with van der Waals surface area (Å²) in [5.41, 5.74) is -0.228. The molecule has 0 aliphatic carbocycles. The third kappa shape index (κ3) is 3.01. The van der Waals surface area contributed by atoms with Gasteiger partial charge in [-0.3, -0.25) is 4.31 Å². The molecule has 116 valence electrons. The van der Waals surface area contributed by atoms with Gasteiger partial charge < -0.3 is 9.84 Å². The predicted octanol–water partition coefficient (Wildman–Crippen LogP) is 1.61. The number of hydrogen-bond acceptors (Lipinski definition) is 5. The lowest BCUT2D eigenvalue weighted by atomic mass is 10.3. The Bertz CT molecular complexity index is 787. The van der Waals surface area contributed by atoms with Crippen molar-refractivity contribution < 1.29 is 23.1 Å². The van der Waals surface area contributed by atoms with Gasteiger partial charge in [0.15, 0.2) is 5.69 Å². The van der Waals surface area contributed by atoms with Crippen molar-refractivity contribution in [2.24, 2.45) is 0 Å². The van der Waals surface area contributed by atoms with Gasteiger partial charge in [-0.1, -0.05) is 6.07 Å². The summed E-state index contributed by atoms with van der Waals surface area (Å²) in [5.74, 6) is -0.666. The van der Waals surface area contributed by atoms with Gasteiger partial charge in [-0.05, 0) is 36.4 Å². The maximum atomic E-state index is 12.5. The van der Waals surface area contributed by atoms with E-state index in [1.165, 1.54) is 56.6 Å². The number of carbonyl (C=O) groups is 1. The third-order valence-corrected chi connectivity index (χ3v) is 4.77. The van der Waals surface area contributed by atoms with E-state index in [-0.39, 0.29) is 16.4 Å². The number of aromatic carboxylic acids is 1. The number of ether oxygens (including phenoxy) is 1. The molecule has 2 aromatic rings. The minimum absolute atomic E-state index is 0.0238. The fourth-order valence-electron chi connectivity index (χ4n) is 1.75. The summed E-state index contributed by atoms with van der Waals surface area (Å²) in [6.45, 7) is 0. The SMILES string of the molecule is COc1ccc(S(=O)(=O)N(C)c2cccc(C(=O)O)n2)cc1. The molecular weight excluding hydrogens is 308 g/mol. The lowest BCUT2D eigenvalue weighted by Gasteiger charge is -2.18. The van der Waals surface area contributed by atoms with Crippen molar-refractivity contribution in [2.75, 3.05) is 18.5 Å². The number of hydrogen-bond donors (Lipinski definition) is 1. The van der Waals surface area contributed by atoms with Gasteiger partial charge in [0.1, 0.15) is 11.6 Å². The van der Waals surface area contributed by atoms with E-state index >= 15 is 0 Å². The molecule has 2 rings (SSSR count). The van der Waals surface area contributed by atoms with Crippen molar-refractivity contribution in [2.45, 2.75) is 4.90 Å². The molecular formula is C14H14N2O5S. The van der Waals surface area contributed by atoms with E-state index in [0.29, 0.717) is 5.75 Å². The number of sulfonamides is 1. The zero-order chi connectivity index (χ0) is 16.3. The zero-order valence-corrected chi connectivity index (χ0v) is 12.7. The van der Waals surface area contributed by atoms with E-state index in [1.807, 2.05) is 0 Å². The summed E-state index contributed by atoms with van der Waals surface area (Å²) >= 11 is 0. The minimum Gasteiger partial charge on any atom is -0.497 e. The van der Waals surface area contributed by atoms with Crippen LogP contribution in [0.4, 0.5) is 5.82 Å². The highest BCUT2D eigenvalue weighted by Gasteiger charge is 2.23. The van der Waals surface area contributed by atoms with Crippen LogP contribution in [-0.4, -0.2) is 38.6 Å². The monoisotopic (exact) mass is 322 g/mol. The topological polar surface area (TPSA) is 96.8 Å². The van der Waals surface area contributed by atoms with Crippen LogP contribution in [0.2, 0.25) is 0 Å². The Hall–Kier alpha value is -2.61. The highest BCUT2D eigenvalue weighted by molar-refractivity contribution is 7.92. The quantitative estimate of drug-likeness (QED) is 0.898. The number of methoxy groups -OCH3 is 1. The molecule has 0 aliphatic rings. The molecule has 1 N–H and O–H groups in total. The summed E-state index contributed by atoms with van der Waals surface area (Å²) in [4.78, 5) is 14.8. The van der Waals surface area contributed by atoms with Gasteiger partial charge in [0.2, 0.25) is 0 Å². The maximum Gasteiger partial charge on any atom is 0.354 e. The van der Waals surface area contributed by atoms with Gasteiger partial charge in [-0.25, -0.2) is 18.2 Å². The van der Waals surface area contributed by atoms with Gasteiger partial charge in [0.05, 0.1) is 12.0 Å². The molecule has 0 bridgehead atoms. The van der Waals surface area contributed by atoms with Crippen LogP contribution in [0.15, 0.2) is 47.4 Å². The van der Waals surface area contributed by atoms with E-state index in [0.717, 1.165) is 4.31 Å². The molecule has 1 aromatic carbocycles. The summed E-state index contributed by atoms with van der Waals surface area (Å²) in [5, 5.41) is 8.92. The summed E-state index contributed by atoms with van der Waals surface area (Å²) in [7, 11) is -1.04. The highest BCUT2D eigenvalue weighted by atomic mass is 32.2. The van der Waals surface area contributed by atoms with Crippen LogP contribution in [0, 0.1) is 0 Å². The number of carboxylic acids is 1. The Kier molecular flexibility index (Phi) is 4.32. The van der Waals surface area contributed by atoms with Crippen molar-refractivity contribution in [3.63, 3.8) is 0 Å². The molecule has 0 atom stereocenters. The molecule has 8 heteroatoms. The average Bonchev–Trinajstić information content (AvgIpc) is 2.54. The van der Waals surface area contributed by atoms with Crippen LogP contribution in [0.25, 0.3) is 0 Å². The molecule has 22 heavy (non-hydrogen) atoms. The molecule has 0 radical (unpaired) electrons. The second-order valence-corrected chi connectivity index (χ2v) is 6.30. The number of aromatic nitrogens is 1. The number of nitrogens with zero attached hydrogens (tertiary/aromatic N) is 2. The normalized spacial score (nSPS) is 11.0. The number of benzene rings is 1. The first-order chi connectivity index (χ1) is 10.4. The Balaban J connectivity index is 2.39. The Morgan fingerprint density at radius 1 is 1.18 bits per heavy atom. The fraction of sp³-hybridized carbons (Fsp3) is 0.143. The largest absolute Gasteiger partial charge is 0.497 e. The number of pyridine rings is 1. The van der Waals surface area contributed by atoms with Gasteiger partial charge in [0.25, 0.3) is 10.0 Å². The van der Waals surface area contributed by atoms with Crippen molar-refractivity contribution in [3.05, 3.63) is 48.2 Å². The standard InChI is InChI=1S/C14H14N2O5S/c1-16(13-5-3-4-12(15-13)14(17)18)22(19,20)11-8-6-10(21-2)7-9-11/h3-9H,1-2H3,(H,17,18). The summed E-state index contributed by atoms with van der Waals surface area (Å²) in [6, 6.07) is 10.0. The fourth-order valence-corrected chi connectivity index (χ4v) is 2.89. The zero-order valence-electron chi connectivity index (χ0n) is 11.9. The molecule has 1 aromatic heterocycles. The molecule has 0 amide bonds. The number of anilines is 1. The lowest BCUT2D eigenvalue weighted by molar-refractivity contribution is 0.0690. The average molecular weight is 322 g/mol. The second-order valence-electron chi connectivity index (χ2n) is 4.33. The van der Waals surface area contributed by atoms with E-state index < -0.39 is 16.0 Å². The van der Waals surface area contributed by atoms with Crippen LogP contribution < -0.4 is 9.04 Å². The van der Waals surface area contributed by atoms with Gasteiger partial charge in [-0.2, -0.15) is 0 Å². The molecule has 0 aliphatic heterocycles. The van der Waals surface area contributed by atoms with Crippen molar-refractivity contribution >= 4 is 21.8 Å². The van der Waals surface area contributed by atoms with Crippen molar-refractivity contribution in [1.29, 1.82) is 0 Å². The molecule has 0 saturated heterocycles. The first-order valence-corrected chi connectivity index (χ1v) is 7.63. The van der Waals surface area contributed by atoms with Crippen molar-refractivity contribution in [3.8, 4) is 5.75 Å². The Labute approximate surface area is 127 Å². The lowest BCUT2D eigenvalue weighted by Crippen LogP contribution is -2.27. The smallest absolute Gasteiger partial charge is 0.354 e. The van der Waals surface area contributed by atoms with Crippen molar-refractivity contribution in [1.82, 2.24) is 4.98 Å². The Morgan fingerprint density at radius 3 is 2.36 bits per heavy atom. The first kappa shape index (κ1) is 15.8. The van der Waals surface area contributed by atoms with Crippen LogP contribution in [0.1, 0.15) is 10.5 Å². The highest BCUT2D eigenvalue weighted by Crippen LogP contribution is 2.22. The first-order valence-electron chi connectivity index (χ1n) is 6.19. The van der Waals surface area contributed by atoms with Crippen LogP contribution in [-0.2, 0) is 10.0 Å². The van der Waals surface area contributed by atoms with E-state index in [9.17, 15) is 13.2 Å². The predicted molar refractivity (Wildman–Crippen MR) is 79.8 cm³/mol. The molecule has 7 nitrogen and oxygen atoms in total. The summed E-state index contributed by atoms with van der Waals surface area (Å²) in [6.07, 6.45) is 0. The van der Waals surface area contributed by atoms with Gasteiger partial charge in [0, 0.05) is 7.05 Å². The van der Waals surface area contributed by atoms with Crippen LogP contribution in [0.5, 0.6) is 5.75 Å². The molecule has 1 heterocycles.